The predicted molar refractivity (Wildman–Crippen MR) is 261 cm³/mol. The van der Waals surface area contributed by atoms with Crippen molar-refractivity contribution >= 4 is 77.3 Å². The lowest BCUT2D eigenvalue weighted by molar-refractivity contribution is 1.09. The minimum Gasteiger partial charge on any atom is -0.344 e. The Bertz CT molecular complexity index is 3450. The van der Waals surface area contributed by atoms with Crippen molar-refractivity contribution in [1.29, 1.82) is 0 Å². The van der Waals surface area contributed by atoms with Crippen molar-refractivity contribution in [3.63, 3.8) is 0 Å². The molecule has 9 aromatic carbocycles. The van der Waals surface area contributed by atoms with Crippen LogP contribution in [0.5, 0.6) is 0 Å². The van der Waals surface area contributed by atoms with Crippen molar-refractivity contribution < 1.29 is 0 Å². The standard InChI is InChI=1S/C41H28N2.C17H15N/c1-2-12-32(13-3-1)42-39-17-9-7-15-35(39)37-27-31(21-25-41(37)42)29-19-23-36-34-14-6-8-16-38(34)43(40(36)24-20-29)33-22-18-28-10-4-5-11-30(28)26-33;1-18(15-10-3-2-4-11-15)17-13-7-9-14-8-5-6-12-16(14)17/h1-22,24-27H,23H2;2-13H,1H3. The van der Waals surface area contributed by atoms with Crippen LogP contribution in [0.3, 0.4) is 0 Å². The Balaban J connectivity index is 0.000000195. The number of hydrogen-bond donors (Lipinski definition) is 0. The quantitative estimate of drug-likeness (QED) is 0.169. The van der Waals surface area contributed by atoms with Crippen LogP contribution in [0.1, 0.15) is 16.8 Å². The van der Waals surface area contributed by atoms with Crippen LogP contribution in [0, 0.1) is 0 Å². The van der Waals surface area contributed by atoms with Gasteiger partial charge in [0.1, 0.15) is 0 Å². The van der Waals surface area contributed by atoms with Gasteiger partial charge in [0.05, 0.1) is 22.2 Å². The molecule has 1 aliphatic carbocycles. The maximum absolute atomic E-state index is 2.43. The number of aromatic nitrogens is 2. The fraction of sp³-hybridized carbons (Fsp3) is 0.0345. The summed E-state index contributed by atoms with van der Waals surface area (Å²) in [6.45, 7) is 0. The Kier molecular flexibility index (Phi) is 9.13. The van der Waals surface area contributed by atoms with Gasteiger partial charge in [-0.2, -0.15) is 0 Å². The second-order valence-corrected chi connectivity index (χ2v) is 15.8. The molecular weight excluding hydrogens is 739 g/mol. The lowest BCUT2D eigenvalue weighted by Crippen LogP contribution is -2.09. The lowest BCUT2D eigenvalue weighted by Gasteiger charge is -2.21. The van der Waals surface area contributed by atoms with Crippen LogP contribution in [-0.4, -0.2) is 16.2 Å². The summed E-state index contributed by atoms with van der Waals surface area (Å²) < 4.78 is 4.81. The molecule has 2 aromatic heterocycles. The highest BCUT2D eigenvalue weighted by Crippen LogP contribution is 2.38. The highest BCUT2D eigenvalue weighted by Gasteiger charge is 2.19. The largest absolute Gasteiger partial charge is 0.344 e. The SMILES string of the molecule is C1=Cc2c(c3ccccc3n2-c2ccc3ccccc3c2)CC=C1c1ccc2c(c1)c1ccccc1n2-c1ccccc1.CN(c1ccccc1)c1cccc2ccccc12. The fourth-order valence-electron chi connectivity index (χ4n) is 9.27. The van der Waals surface area contributed by atoms with E-state index < -0.39 is 0 Å². The molecule has 1 aliphatic rings. The van der Waals surface area contributed by atoms with Gasteiger partial charge in [0.25, 0.3) is 0 Å². The summed E-state index contributed by atoms with van der Waals surface area (Å²) in [5.41, 5.74) is 13.6. The smallest absolute Gasteiger partial charge is 0.0541 e. The summed E-state index contributed by atoms with van der Waals surface area (Å²) in [4.78, 5) is 2.22. The van der Waals surface area contributed by atoms with Gasteiger partial charge in [-0.1, -0.05) is 158 Å². The van der Waals surface area contributed by atoms with Gasteiger partial charge in [0, 0.05) is 51.3 Å². The van der Waals surface area contributed by atoms with Crippen LogP contribution in [0.15, 0.2) is 224 Å². The number of para-hydroxylation sites is 4. The highest BCUT2D eigenvalue weighted by molar-refractivity contribution is 6.10. The average molecular weight is 782 g/mol. The molecule has 290 valence electrons. The number of allylic oxidation sites excluding steroid dienone is 3. The number of fused-ring (bicyclic) bond motifs is 8. The Morgan fingerprint density at radius 2 is 1.03 bits per heavy atom. The van der Waals surface area contributed by atoms with E-state index in [0.29, 0.717) is 0 Å². The lowest BCUT2D eigenvalue weighted by atomic mass is 10.0. The zero-order valence-corrected chi connectivity index (χ0v) is 34.0. The third kappa shape index (κ3) is 6.48. The van der Waals surface area contributed by atoms with E-state index in [0.717, 1.165) is 6.42 Å². The molecule has 3 nitrogen and oxygen atoms in total. The van der Waals surface area contributed by atoms with Crippen LogP contribution in [0.25, 0.3) is 77.3 Å². The molecule has 0 amide bonds. The third-order valence-electron chi connectivity index (χ3n) is 12.3. The zero-order chi connectivity index (χ0) is 40.7. The van der Waals surface area contributed by atoms with Gasteiger partial charge in [-0.25, -0.2) is 0 Å². The molecule has 3 heteroatoms. The van der Waals surface area contributed by atoms with Gasteiger partial charge in [0.15, 0.2) is 0 Å². The molecule has 12 rings (SSSR count). The van der Waals surface area contributed by atoms with E-state index in [1.54, 1.807) is 0 Å². The molecule has 0 bridgehead atoms. The monoisotopic (exact) mass is 781 g/mol. The summed E-state index contributed by atoms with van der Waals surface area (Å²) in [6, 6.07) is 75.9. The first-order chi connectivity index (χ1) is 30.2. The first-order valence-electron chi connectivity index (χ1n) is 21.0. The first kappa shape index (κ1) is 36.2. The maximum Gasteiger partial charge on any atom is 0.0541 e. The molecule has 0 aliphatic heterocycles. The van der Waals surface area contributed by atoms with E-state index in [4.69, 9.17) is 0 Å². The van der Waals surface area contributed by atoms with Crippen molar-refractivity contribution in [3.05, 3.63) is 241 Å². The second-order valence-electron chi connectivity index (χ2n) is 15.8. The normalized spacial score (nSPS) is 12.3. The summed E-state index contributed by atoms with van der Waals surface area (Å²) in [5.74, 6) is 0. The number of anilines is 2. The van der Waals surface area contributed by atoms with Gasteiger partial charge in [-0.15, -0.1) is 0 Å². The summed E-state index contributed by atoms with van der Waals surface area (Å²) in [7, 11) is 2.11. The Labute approximate surface area is 356 Å². The van der Waals surface area contributed by atoms with Crippen LogP contribution in [-0.2, 0) is 6.42 Å². The number of rotatable bonds is 5. The van der Waals surface area contributed by atoms with Crippen LogP contribution >= 0.6 is 0 Å². The maximum atomic E-state index is 2.43. The van der Waals surface area contributed by atoms with Crippen LogP contribution in [0.4, 0.5) is 11.4 Å². The van der Waals surface area contributed by atoms with E-state index in [9.17, 15) is 0 Å². The summed E-state index contributed by atoms with van der Waals surface area (Å²) >= 11 is 0. The molecule has 0 saturated carbocycles. The first-order valence-corrected chi connectivity index (χ1v) is 21.0. The van der Waals surface area contributed by atoms with E-state index in [1.165, 1.54) is 99.4 Å². The van der Waals surface area contributed by atoms with Crippen LogP contribution < -0.4 is 4.90 Å². The van der Waals surface area contributed by atoms with Crippen molar-refractivity contribution in [1.82, 2.24) is 9.13 Å². The molecule has 11 aromatic rings. The van der Waals surface area contributed by atoms with Gasteiger partial charge in [-0.3, -0.25) is 0 Å². The van der Waals surface area contributed by atoms with Crippen LogP contribution in [0.2, 0.25) is 0 Å². The molecular formula is C58H43N3. The van der Waals surface area contributed by atoms with Gasteiger partial charge >= 0.3 is 0 Å². The molecule has 0 fully saturated rings. The molecule has 2 heterocycles. The molecule has 0 saturated heterocycles. The Morgan fingerprint density at radius 3 is 1.84 bits per heavy atom. The van der Waals surface area contributed by atoms with E-state index in [1.807, 2.05) is 6.07 Å². The number of hydrogen-bond acceptors (Lipinski definition) is 1. The second kappa shape index (κ2) is 15.4. The minimum absolute atomic E-state index is 0.878. The van der Waals surface area contributed by atoms with Gasteiger partial charge in [-0.05, 0) is 112 Å². The highest BCUT2D eigenvalue weighted by atomic mass is 15.1. The Hall–Kier alpha value is -7.88. The van der Waals surface area contributed by atoms with E-state index in [2.05, 4.69) is 246 Å². The predicted octanol–water partition coefficient (Wildman–Crippen LogP) is 15.1. The molecule has 0 N–H and O–H groups in total. The van der Waals surface area contributed by atoms with Crippen molar-refractivity contribution in [2.45, 2.75) is 6.42 Å². The molecule has 61 heavy (non-hydrogen) atoms. The average Bonchev–Trinajstić information content (AvgIpc) is 3.73. The van der Waals surface area contributed by atoms with Crippen molar-refractivity contribution in [2.24, 2.45) is 0 Å². The number of nitrogens with zero attached hydrogens (tertiary/aromatic N) is 3. The molecule has 0 radical (unpaired) electrons. The fourth-order valence-corrected chi connectivity index (χ4v) is 9.27. The van der Waals surface area contributed by atoms with E-state index in [-0.39, 0.29) is 0 Å². The summed E-state index contributed by atoms with van der Waals surface area (Å²) in [5, 5.41) is 8.94. The van der Waals surface area contributed by atoms with Gasteiger partial charge in [0.2, 0.25) is 0 Å². The third-order valence-corrected chi connectivity index (χ3v) is 12.3. The summed E-state index contributed by atoms with van der Waals surface area (Å²) in [6.07, 6.45) is 7.90. The van der Waals surface area contributed by atoms with Gasteiger partial charge < -0.3 is 14.0 Å². The number of benzene rings is 9. The minimum atomic E-state index is 0.878. The molecule has 0 spiro atoms. The molecule has 0 atom stereocenters. The van der Waals surface area contributed by atoms with Crippen molar-refractivity contribution in [3.8, 4) is 11.4 Å². The van der Waals surface area contributed by atoms with Crippen molar-refractivity contribution in [2.75, 3.05) is 11.9 Å². The van der Waals surface area contributed by atoms with E-state index >= 15 is 0 Å². The zero-order valence-electron chi connectivity index (χ0n) is 34.0. The molecule has 0 unspecified atom stereocenters. The topological polar surface area (TPSA) is 13.1 Å². The Morgan fingerprint density at radius 1 is 0.410 bits per heavy atom.